The van der Waals surface area contributed by atoms with Gasteiger partial charge in [-0.1, -0.05) is 54.6 Å². The highest BCUT2D eigenvalue weighted by Gasteiger charge is 2.32. The second-order valence-corrected chi connectivity index (χ2v) is 13.4. The molecule has 1 aromatic heterocycles. The van der Waals surface area contributed by atoms with Crippen molar-refractivity contribution < 1.29 is 23.9 Å². The van der Waals surface area contributed by atoms with Crippen molar-refractivity contribution in [2.75, 3.05) is 13.1 Å². The van der Waals surface area contributed by atoms with Gasteiger partial charge >= 0.3 is 12.2 Å². The zero-order chi connectivity index (χ0) is 31.9. The number of carbonyl (C=O) groups excluding carboxylic acids is 3. The van der Waals surface area contributed by atoms with Crippen molar-refractivity contribution in [3.63, 3.8) is 0 Å². The van der Waals surface area contributed by atoms with Gasteiger partial charge in [0.25, 0.3) is 5.91 Å². The molecule has 0 spiro atoms. The standard InChI is InChI=1S/C36H45N3O5/c1-35(2,3)43-33(41)39(34(42)44-36(4,5)6)25-28-13-10-14-30(22-28)29-17-19-38(20-18-29)32(40)31-21-27(23-37-24-31)16-15-26-11-8-7-9-12-26/h7-14,21-24,29H,15-20,25H2,1-6H3. The first-order valence-corrected chi connectivity index (χ1v) is 15.4. The predicted octanol–water partition coefficient (Wildman–Crippen LogP) is 7.56. The third-order valence-electron chi connectivity index (χ3n) is 7.36. The first-order chi connectivity index (χ1) is 20.8. The van der Waals surface area contributed by atoms with Gasteiger partial charge in [0.05, 0.1) is 12.1 Å². The molecule has 3 amide bonds. The fraction of sp³-hybridized carbons (Fsp3) is 0.444. The summed E-state index contributed by atoms with van der Waals surface area (Å²) in [5.41, 5.74) is 3.34. The Bertz CT molecular complexity index is 1410. The quantitative estimate of drug-likeness (QED) is 0.278. The summed E-state index contributed by atoms with van der Waals surface area (Å²) in [4.78, 5) is 46.6. The average Bonchev–Trinajstić information content (AvgIpc) is 2.97. The maximum atomic E-state index is 13.4. The molecule has 4 rings (SSSR count). The number of carbonyl (C=O) groups is 3. The smallest absolute Gasteiger partial charge is 0.420 e. The highest BCUT2D eigenvalue weighted by Crippen LogP contribution is 2.30. The molecule has 2 heterocycles. The summed E-state index contributed by atoms with van der Waals surface area (Å²) >= 11 is 0. The van der Waals surface area contributed by atoms with E-state index in [-0.39, 0.29) is 18.4 Å². The number of hydrogen-bond donors (Lipinski definition) is 0. The van der Waals surface area contributed by atoms with Crippen molar-refractivity contribution in [2.24, 2.45) is 0 Å². The third kappa shape index (κ3) is 9.66. The Morgan fingerprint density at radius 1 is 0.773 bits per heavy atom. The molecule has 2 aromatic carbocycles. The molecule has 44 heavy (non-hydrogen) atoms. The van der Waals surface area contributed by atoms with Crippen molar-refractivity contribution in [1.82, 2.24) is 14.8 Å². The molecule has 0 saturated carbocycles. The van der Waals surface area contributed by atoms with Crippen LogP contribution in [-0.4, -0.2) is 57.2 Å². The molecule has 1 fully saturated rings. The van der Waals surface area contributed by atoms with Crippen LogP contribution in [0.4, 0.5) is 9.59 Å². The molecule has 3 aromatic rings. The van der Waals surface area contributed by atoms with E-state index in [1.807, 2.05) is 53.6 Å². The summed E-state index contributed by atoms with van der Waals surface area (Å²) in [5.74, 6) is 0.266. The molecule has 0 atom stereocenters. The lowest BCUT2D eigenvalue weighted by Gasteiger charge is -2.32. The first-order valence-electron chi connectivity index (χ1n) is 15.4. The molecule has 1 aliphatic heterocycles. The van der Waals surface area contributed by atoms with Crippen LogP contribution in [0.2, 0.25) is 0 Å². The van der Waals surface area contributed by atoms with Crippen molar-refractivity contribution in [1.29, 1.82) is 0 Å². The number of imide groups is 1. The number of likely N-dealkylation sites (tertiary alicyclic amines) is 1. The number of rotatable bonds is 7. The van der Waals surface area contributed by atoms with Crippen LogP contribution in [-0.2, 0) is 28.9 Å². The number of pyridine rings is 1. The van der Waals surface area contributed by atoms with Crippen molar-refractivity contribution in [3.8, 4) is 0 Å². The number of piperidine rings is 1. The molecule has 0 radical (unpaired) electrons. The summed E-state index contributed by atoms with van der Waals surface area (Å²) < 4.78 is 11.0. The van der Waals surface area contributed by atoms with Crippen LogP contribution in [0.5, 0.6) is 0 Å². The van der Waals surface area contributed by atoms with E-state index in [1.165, 1.54) is 5.56 Å². The van der Waals surface area contributed by atoms with E-state index in [2.05, 4.69) is 23.2 Å². The summed E-state index contributed by atoms with van der Waals surface area (Å²) in [6.45, 7) is 11.9. The van der Waals surface area contributed by atoms with Crippen molar-refractivity contribution >= 4 is 18.1 Å². The highest BCUT2D eigenvalue weighted by molar-refractivity contribution is 5.94. The molecule has 1 saturated heterocycles. The van der Waals surface area contributed by atoms with Crippen LogP contribution >= 0.6 is 0 Å². The number of aromatic nitrogens is 1. The van der Waals surface area contributed by atoms with Gasteiger partial charge in [-0.3, -0.25) is 9.78 Å². The van der Waals surface area contributed by atoms with E-state index in [9.17, 15) is 14.4 Å². The normalized spacial score (nSPS) is 14.2. The van der Waals surface area contributed by atoms with E-state index < -0.39 is 23.4 Å². The lowest BCUT2D eigenvalue weighted by atomic mass is 9.88. The molecular formula is C36H45N3O5. The predicted molar refractivity (Wildman–Crippen MR) is 170 cm³/mol. The van der Waals surface area contributed by atoms with Gasteiger partial charge in [0.1, 0.15) is 11.2 Å². The Morgan fingerprint density at radius 2 is 1.36 bits per heavy atom. The maximum Gasteiger partial charge on any atom is 0.420 e. The van der Waals surface area contributed by atoms with Gasteiger partial charge < -0.3 is 14.4 Å². The Hall–Kier alpha value is -4.20. The molecule has 0 aliphatic carbocycles. The van der Waals surface area contributed by atoms with Crippen LogP contribution in [0.25, 0.3) is 0 Å². The second-order valence-electron chi connectivity index (χ2n) is 13.4. The third-order valence-corrected chi connectivity index (χ3v) is 7.36. The molecule has 8 heteroatoms. The SMILES string of the molecule is CC(C)(C)OC(=O)N(Cc1cccc(C2CCN(C(=O)c3cncc(CCc4ccccc4)c3)CC2)c1)C(=O)OC(C)(C)C. The molecule has 0 N–H and O–H groups in total. The summed E-state index contributed by atoms with van der Waals surface area (Å²) in [5, 5.41) is 0. The number of amides is 3. The largest absolute Gasteiger partial charge is 0.443 e. The summed E-state index contributed by atoms with van der Waals surface area (Å²) in [7, 11) is 0. The molecule has 1 aliphatic rings. The maximum absolute atomic E-state index is 13.4. The molecule has 0 unspecified atom stereocenters. The van der Waals surface area contributed by atoms with E-state index in [0.29, 0.717) is 18.7 Å². The molecule has 0 bridgehead atoms. The minimum Gasteiger partial charge on any atom is -0.443 e. The summed E-state index contributed by atoms with van der Waals surface area (Å²) in [6, 6.07) is 20.2. The number of benzene rings is 2. The van der Waals surface area contributed by atoms with Gasteiger partial charge in [0, 0.05) is 25.5 Å². The van der Waals surface area contributed by atoms with E-state index in [0.717, 1.165) is 47.3 Å². The van der Waals surface area contributed by atoms with Gasteiger partial charge in [0.15, 0.2) is 0 Å². The molecule has 8 nitrogen and oxygen atoms in total. The Labute approximate surface area is 261 Å². The number of ether oxygens (including phenoxy) is 2. The zero-order valence-electron chi connectivity index (χ0n) is 26.8. The zero-order valence-corrected chi connectivity index (χ0v) is 26.8. The van der Waals surface area contributed by atoms with E-state index in [1.54, 1.807) is 47.7 Å². The monoisotopic (exact) mass is 599 g/mol. The van der Waals surface area contributed by atoms with Crippen molar-refractivity contribution in [2.45, 2.75) is 90.9 Å². The van der Waals surface area contributed by atoms with Gasteiger partial charge in [-0.15, -0.1) is 0 Å². The average molecular weight is 600 g/mol. The van der Waals surface area contributed by atoms with Gasteiger partial charge in [0.2, 0.25) is 0 Å². The minimum absolute atomic E-state index is 0.0108. The van der Waals surface area contributed by atoms with Crippen molar-refractivity contribution in [3.05, 3.63) is 101 Å². The minimum atomic E-state index is -0.760. The van der Waals surface area contributed by atoms with Crippen LogP contribution in [0, 0.1) is 0 Å². The fourth-order valence-corrected chi connectivity index (χ4v) is 5.24. The second kappa shape index (κ2) is 14.1. The highest BCUT2D eigenvalue weighted by atomic mass is 16.6. The van der Waals surface area contributed by atoms with Crippen LogP contribution in [0.3, 0.4) is 0 Å². The van der Waals surface area contributed by atoms with Gasteiger partial charge in [-0.05, 0) is 101 Å². The number of aryl methyl sites for hydroxylation is 2. The van der Waals surface area contributed by atoms with E-state index in [4.69, 9.17) is 9.47 Å². The first kappa shape index (κ1) is 32.7. The van der Waals surface area contributed by atoms with Gasteiger partial charge in [-0.2, -0.15) is 0 Å². The Morgan fingerprint density at radius 3 is 1.98 bits per heavy atom. The number of hydrogen-bond acceptors (Lipinski definition) is 6. The molecular weight excluding hydrogens is 554 g/mol. The van der Waals surface area contributed by atoms with E-state index >= 15 is 0 Å². The number of nitrogens with zero attached hydrogens (tertiary/aromatic N) is 3. The topological polar surface area (TPSA) is 89.0 Å². The lowest BCUT2D eigenvalue weighted by Crippen LogP contribution is -2.43. The summed E-state index contributed by atoms with van der Waals surface area (Å²) in [6.07, 6.45) is 5.37. The van der Waals surface area contributed by atoms with Crippen LogP contribution in [0.15, 0.2) is 73.1 Å². The van der Waals surface area contributed by atoms with Crippen LogP contribution in [0.1, 0.15) is 92.9 Å². The Balaban J connectivity index is 1.38. The van der Waals surface area contributed by atoms with Crippen LogP contribution < -0.4 is 0 Å². The lowest BCUT2D eigenvalue weighted by molar-refractivity contribution is -0.000275. The van der Waals surface area contributed by atoms with Gasteiger partial charge in [-0.25, -0.2) is 14.5 Å². The fourth-order valence-electron chi connectivity index (χ4n) is 5.24. The Kier molecular flexibility index (Phi) is 10.4. The molecule has 234 valence electrons.